The van der Waals surface area contributed by atoms with E-state index in [1.807, 2.05) is 48.5 Å². The van der Waals surface area contributed by atoms with E-state index in [-0.39, 0.29) is 4.90 Å². The zero-order valence-electron chi connectivity index (χ0n) is 23.9. The third-order valence-corrected chi connectivity index (χ3v) is 8.70. The maximum atomic E-state index is 12.5. The highest BCUT2D eigenvalue weighted by Gasteiger charge is 2.25. The third-order valence-electron chi connectivity index (χ3n) is 7.78. The van der Waals surface area contributed by atoms with Gasteiger partial charge in [0.25, 0.3) is 10.1 Å². The highest BCUT2D eigenvalue weighted by molar-refractivity contribution is 7.86. The Labute approximate surface area is 246 Å². The fourth-order valence-electron chi connectivity index (χ4n) is 5.64. The van der Waals surface area contributed by atoms with Crippen molar-refractivity contribution in [3.8, 4) is 11.5 Å². The van der Waals surface area contributed by atoms with Crippen molar-refractivity contribution < 1.29 is 17.7 Å². The van der Waals surface area contributed by atoms with Crippen LogP contribution in [-0.2, 0) is 10.1 Å². The van der Waals surface area contributed by atoms with Crippen LogP contribution in [0.3, 0.4) is 0 Å². The number of hydrogen-bond acceptors (Lipinski definition) is 4. The van der Waals surface area contributed by atoms with Gasteiger partial charge in [-0.3, -0.25) is 4.55 Å². The van der Waals surface area contributed by atoms with Crippen LogP contribution < -0.4 is 20.5 Å². The smallest absolute Gasteiger partial charge is 0.295 e. The summed E-state index contributed by atoms with van der Waals surface area (Å²) in [6.07, 6.45) is 2.13. The van der Waals surface area contributed by atoms with Gasteiger partial charge in [-0.1, -0.05) is 60.7 Å². The van der Waals surface area contributed by atoms with E-state index < -0.39 is 10.1 Å². The maximum absolute atomic E-state index is 12.5. The van der Waals surface area contributed by atoms with Crippen molar-refractivity contribution in [2.45, 2.75) is 32.6 Å². The molecule has 0 aliphatic carbocycles. The van der Waals surface area contributed by atoms with Crippen molar-refractivity contribution in [1.29, 1.82) is 0 Å². The molecular weight excluding hydrogens is 542 g/mol. The highest BCUT2D eigenvalue weighted by Crippen LogP contribution is 2.40. The molecule has 0 radical (unpaired) electrons. The van der Waals surface area contributed by atoms with E-state index in [1.165, 1.54) is 17.2 Å². The van der Waals surface area contributed by atoms with Crippen LogP contribution in [0.25, 0.3) is 11.6 Å². The summed E-state index contributed by atoms with van der Waals surface area (Å²) < 4.78 is 41.6. The molecule has 5 nitrogen and oxygen atoms in total. The van der Waals surface area contributed by atoms with E-state index >= 15 is 0 Å². The summed E-state index contributed by atoms with van der Waals surface area (Å²) in [4.78, 5) is -0.150. The molecule has 0 amide bonds. The van der Waals surface area contributed by atoms with Crippen molar-refractivity contribution >= 4 is 33.1 Å². The lowest BCUT2D eigenvalue weighted by molar-refractivity contribution is 0.471. The molecule has 0 aromatic heterocycles. The number of ether oxygens (including phenoxy) is 1. The van der Waals surface area contributed by atoms with Crippen molar-refractivity contribution in [1.82, 2.24) is 0 Å². The topological polar surface area (TPSA) is 75.6 Å². The normalized spacial score (nSPS) is 12.9. The summed E-state index contributed by atoms with van der Waals surface area (Å²) in [5.74, 6) is 1.19. The monoisotopic (exact) mass is 573 g/mol. The molecule has 6 rings (SSSR count). The summed E-state index contributed by atoms with van der Waals surface area (Å²) in [5, 5.41) is 5.23. The van der Waals surface area contributed by atoms with E-state index in [0.717, 1.165) is 44.1 Å². The Hall–Kier alpha value is -4.65. The van der Waals surface area contributed by atoms with E-state index in [2.05, 4.69) is 63.4 Å². The van der Waals surface area contributed by atoms with Gasteiger partial charge >= 0.3 is 0 Å². The lowest BCUT2D eigenvalue weighted by Crippen LogP contribution is -2.21. The molecule has 6 heteroatoms. The second-order valence-electron chi connectivity index (χ2n) is 10.8. The molecule has 0 bridgehead atoms. The second-order valence-corrected chi connectivity index (χ2v) is 12.1. The van der Waals surface area contributed by atoms with Gasteiger partial charge in [-0.05, 0) is 97.1 Å². The molecule has 42 heavy (non-hydrogen) atoms. The molecule has 5 aromatic carbocycles. The first-order valence-corrected chi connectivity index (χ1v) is 15.2. The average Bonchev–Trinajstić information content (AvgIpc) is 2.95. The van der Waals surface area contributed by atoms with Gasteiger partial charge in [-0.2, -0.15) is 8.42 Å². The van der Waals surface area contributed by atoms with E-state index in [0.29, 0.717) is 22.6 Å². The lowest BCUT2D eigenvalue weighted by Gasteiger charge is -2.23. The van der Waals surface area contributed by atoms with Crippen LogP contribution in [-0.4, -0.2) is 13.0 Å². The van der Waals surface area contributed by atoms with Gasteiger partial charge in [0.2, 0.25) is 0 Å². The number of rotatable bonds is 5. The van der Waals surface area contributed by atoms with Gasteiger partial charge in [0.15, 0.2) is 0 Å². The van der Waals surface area contributed by atoms with Gasteiger partial charge in [0, 0.05) is 39.4 Å². The number of fused-ring (bicyclic) bond motifs is 2. The number of para-hydroxylation sites is 1. The largest absolute Gasteiger partial charge is 0.456 e. The summed E-state index contributed by atoms with van der Waals surface area (Å²) in [6.45, 7) is 8.30. The Kier molecular flexibility index (Phi) is 6.97. The molecule has 5 aromatic rings. The van der Waals surface area contributed by atoms with Crippen LogP contribution in [0.4, 0.5) is 11.4 Å². The minimum absolute atomic E-state index is 0.150. The Bertz CT molecular complexity index is 2070. The number of nitrogens with one attached hydrogen (secondary N) is 1. The highest BCUT2D eigenvalue weighted by atomic mass is 32.2. The Morgan fingerprint density at radius 1 is 0.690 bits per heavy atom. The molecular formula is C36H31NO4S. The van der Waals surface area contributed by atoms with Crippen LogP contribution >= 0.6 is 0 Å². The van der Waals surface area contributed by atoms with Gasteiger partial charge in [0.1, 0.15) is 16.4 Å². The van der Waals surface area contributed by atoms with Crippen LogP contribution in [0.5, 0.6) is 11.5 Å². The van der Waals surface area contributed by atoms with Crippen LogP contribution in [0, 0.1) is 27.7 Å². The summed E-state index contributed by atoms with van der Waals surface area (Å²) in [6, 6.07) is 30.7. The Morgan fingerprint density at radius 3 is 2.05 bits per heavy atom. The predicted octanol–water partition coefficient (Wildman–Crippen LogP) is 7.09. The number of anilines is 2. The standard InChI is InChI=1S/C36H31NO4S/c1-22-9-7-10-23(2)31(22)19-26-15-17-28-32(20-26)41-33-21-27(37-36-24(3)11-8-12-25(36)4)16-18-29(33)35(28)30-13-5-6-14-34(30)42(38,39)40/h5-21,37H,1-4H3,(H,38,39,40). The zero-order chi connectivity index (χ0) is 29.6. The van der Waals surface area contributed by atoms with Crippen molar-refractivity contribution in [2.24, 2.45) is 0 Å². The number of aryl methyl sites for hydroxylation is 4. The molecule has 0 saturated carbocycles. The molecule has 0 saturated heterocycles. The third kappa shape index (κ3) is 5.11. The molecule has 0 fully saturated rings. The van der Waals surface area contributed by atoms with Gasteiger partial charge in [-0.25, -0.2) is 0 Å². The summed E-state index contributed by atoms with van der Waals surface area (Å²) in [7, 11) is -4.48. The molecule has 1 aliphatic rings. The van der Waals surface area contributed by atoms with Gasteiger partial charge < -0.3 is 10.1 Å². The molecule has 0 spiro atoms. The Balaban J connectivity index is 1.58. The van der Waals surface area contributed by atoms with Crippen LogP contribution in [0.1, 0.15) is 38.9 Å². The van der Waals surface area contributed by atoms with E-state index in [1.54, 1.807) is 18.2 Å². The molecule has 0 atom stereocenters. The zero-order valence-corrected chi connectivity index (χ0v) is 24.7. The molecule has 210 valence electrons. The van der Waals surface area contributed by atoms with Crippen LogP contribution in [0.2, 0.25) is 0 Å². The van der Waals surface area contributed by atoms with Crippen molar-refractivity contribution in [3.05, 3.63) is 146 Å². The minimum Gasteiger partial charge on any atom is -0.456 e. The van der Waals surface area contributed by atoms with Crippen molar-refractivity contribution in [2.75, 3.05) is 5.32 Å². The predicted molar refractivity (Wildman–Crippen MR) is 169 cm³/mol. The maximum Gasteiger partial charge on any atom is 0.295 e. The number of benzene rings is 5. The van der Waals surface area contributed by atoms with Gasteiger partial charge in [-0.15, -0.1) is 0 Å². The van der Waals surface area contributed by atoms with E-state index in [9.17, 15) is 13.0 Å². The second kappa shape index (κ2) is 10.6. The van der Waals surface area contributed by atoms with Crippen LogP contribution in [0.15, 0.2) is 102 Å². The molecule has 1 heterocycles. The SMILES string of the molecule is Cc1cccc(C)c1C=c1ccc2c(c1)Oc1cc(Nc3c(C)cccc3C)ccc1C=2c1ccccc1S(=O)(=O)O. The fourth-order valence-corrected chi connectivity index (χ4v) is 6.34. The first-order valence-electron chi connectivity index (χ1n) is 13.7. The summed E-state index contributed by atoms with van der Waals surface area (Å²) >= 11 is 0. The average molecular weight is 574 g/mol. The first kappa shape index (κ1) is 27.5. The number of hydrogen-bond donors (Lipinski definition) is 2. The summed E-state index contributed by atoms with van der Waals surface area (Å²) in [5.41, 5.74) is 9.44. The van der Waals surface area contributed by atoms with Gasteiger partial charge in [0.05, 0.1) is 0 Å². The quantitative estimate of drug-likeness (QED) is 0.215. The fraction of sp³-hybridized carbons (Fsp3) is 0.111. The van der Waals surface area contributed by atoms with Crippen molar-refractivity contribution in [3.63, 3.8) is 0 Å². The van der Waals surface area contributed by atoms with E-state index in [4.69, 9.17) is 4.74 Å². The molecule has 2 N–H and O–H groups in total. The first-order chi connectivity index (χ1) is 20.1. The lowest BCUT2D eigenvalue weighted by atomic mass is 9.92. The molecule has 0 unspecified atom stereocenters. The molecule has 1 aliphatic heterocycles. The minimum atomic E-state index is -4.48. The Morgan fingerprint density at radius 2 is 1.36 bits per heavy atom.